The van der Waals surface area contributed by atoms with E-state index in [-0.39, 0.29) is 5.91 Å². The number of carbonyl (C=O) groups is 1. The molecule has 2 saturated heterocycles. The minimum absolute atomic E-state index is 0.111. The lowest BCUT2D eigenvalue weighted by Crippen LogP contribution is -2.64. The van der Waals surface area contributed by atoms with Crippen molar-refractivity contribution in [3.05, 3.63) is 18.0 Å². The van der Waals surface area contributed by atoms with E-state index in [1.807, 2.05) is 11.9 Å². The third-order valence-electron chi connectivity index (χ3n) is 5.48. The summed E-state index contributed by atoms with van der Waals surface area (Å²) in [5.41, 5.74) is 0.684. The molecule has 0 radical (unpaired) electrons. The molecule has 3 heterocycles. The monoisotopic (exact) mass is 318 g/mol. The van der Waals surface area contributed by atoms with Gasteiger partial charge in [0.25, 0.3) is 5.91 Å². The molecule has 0 aromatic carbocycles. The molecule has 4 rings (SSSR count). The third kappa shape index (κ3) is 3.15. The van der Waals surface area contributed by atoms with Gasteiger partial charge in [-0.05, 0) is 37.7 Å². The quantitative estimate of drug-likeness (QED) is 0.817. The van der Waals surface area contributed by atoms with Gasteiger partial charge in [0.2, 0.25) is 0 Å². The standard InChI is InChI=1S/C17H26N4O2/c1-19-16(4-7-18-19)17(22)20-11-15(12-20)21(10-13-2-3-13)14-5-8-23-9-6-14/h4,7,13-15H,2-3,5-6,8-12H2,1H3. The molecule has 1 amide bonds. The highest BCUT2D eigenvalue weighted by Crippen LogP contribution is 2.34. The third-order valence-corrected chi connectivity index (χ3v) is 5.48. The lowest BCUT2D eigenvalue weighted by atomic mass is 9.99. The first-order chi connectivity index (χ1) is 11.2. The first-order valence-electron chi connectivity index (χ1n) is 8.83. The Labute approximate surface area is 137 Å². The topological polar surface area (TPSA) is 50.6 Å². The lowest BCUT2D eigenvalue weighted by Gasteiger charge is -2.49. The van der Waals surface area contributed by atoms with E-state index in [2.05, 4.69) is 10.00 Å². The number of likely N-dealkylation sites (tertiary alicyclic amines) is 1. The zero-order chi connectivity index (χ0) is 15.8. The maximum atomic E-state index is 12.5. The molecule has 0 atom stereocenters. The van der Waals surface area contributed by atoms with Crippen molar-refractivity contribution in [1.29, 1.82) is 0 Å². The van der Waals surface area contributed by atoms with Gasteiger partial charge < -0.3 is 9.64 Å². The average molecular weight is 318 g/mol. The molecule has 1 aromatic rings. The van der Waals surface area contributed by atoms with Crippen LogP contribution in [0.3, 0.4) is 0 Å². The Hall–Kier alpha value is -1.40. The van der Waals surface area contributed by atoms with E-state index in [1.54, 1.807) is 16.9 Å². The minimum atomic E-state index is 0.111. The van der Waals surface area contributed by atoms with Gasteiger partial charge in [0, 0.05) is 58.2 Å². The van der Waals surface area contributed by atoms with Crippen LogP contribution in [0.4, 0.5) is 0 Å². The molecule has 6 heteroatoms. The van der Waals surface area contributed by atoms with Crippen molar-refractivity contribution in [3.63, 3.8) is 0 Å². The number of rotatable bonds is 5. The van der Waals surface area contributed by atoms with Gasteiger partial charge >= 0.3 is 0 Å². The van der Waals surface area contributed by atoms with E-state index >= 15 is 0 Å². The predicted molar refractivity (Wildman–Crippen MR) is 86.2 cm³/mol. The summed E-state index contributed by atoms with van der Waals surface area (Å²) >= 11 is 0. The first kappa shape index (κ1) is 15.1. The maximum Gasteiger partial charge on any atom is 0.272 e. The highest BCUT2D eigenvalue weighted by Gasteiger charge is 2.40. The predicted octanol–water partition coefficient (Wildman–Crippen LogP) is 1.14. The van der Waals surface area contributed by atoms with E-state index in [4.69, 9.17) is 4.74 Å². The molecule has 3 fully saturated rings. The molecule has 1 aliphatic carbocycles. The summed E-state index contributed by atoms with van der Waals surface area (Å²) in [4.78, 5) is 17.2. The van der Waals surface area contributed by atoms with Crippen molar-refractivity contribution in [1.82, 2.24) is 19.6 Å². The van der Waals surface area contributed by atoms with Gasteiger partial charge in [-0.25, -0.2) is 0 Å². The lowest BCUT2D eigenvalue weighted by molar-refractivity contribution is -0.0269. The van der Waals surface area contributed by atoms with Crippen LogP contribution in [-0.2, 0) is 11.8 Å². The number of ether oxygens (including phenoxy) is 1. The van der Waals surface area contributed by atoms with Crippen LogP contribution in [-0.4, -0.2) is 70.4 Å². The van der Waals surface area contributed by atoms with Crippen LogP contribution in [0.5, 0.6) is 0 Å². The van der Waals surface area contributed by atoms with Gasteiger partial charge in [-0.2, -0.15) is 5.10 Å². The molecule has 3 aliphatic rings. The van der Waals surface area contributed by atoms with Crippen LogP contribution in [0.25, 0.3) is 0 Å². The SMILES string of the molecule is Cn1nccc1C(=O)N1CC(N(CC2CC2)C2CCOCC2)C1. The highest BCUT2D eigenvalue weighted by atomic mass is 16.5. The number of aryl methyl sites for hydroxylation is 1. The zero-order valence-corrected chi connectivity index (χ0v) is 13.9. The first-order valence-corrected chi connectivity index (χ1v) is 8.83. The summed E-state index contributed by atoms with van der Waals surface area (Å²) in [6.45, 7) is 4.69. The summed E-state index contributed by atoms with van der Waals surface area (Å²) in [5.74, 6) is 0.999. The Kier molecular flexibility index (Phi) is 4.11. The fourth-order valence-electron chi connectivity index (χ4n) is 3.79. The molecule has 0 spiro atoms. The molecular formula is C17H26N4O2. The normalized spacial score (nSPS) is 23.3. The Morgan fingerprint density at radius 3 is 2.61 bits per heavy atom. The number of aromatic nitrogens is 2. The number of hydrogen-bond donors (Lipinski definition) is 0. The second-order valence-electron chi connectivity index (χ2n) is 7.19. The van der Waals surface area contributed by atoms with Crippen molar-refractivity contribution in [3.8, 4) is 0 Å². The van der Waals surface area contributed by atoms with E-state index < -0.39 is 0 Å². The molecule has 1 aromatic heterocycles. The van der Waals surface area contributed by atoms with Crippen LogP contribution in [0.2, 0.25) is 0 Å². The molecule has 6 nitrogen and oxygen atoms in total. The van der Waals surface area contributed by atoms with Gasteiger partial charge in [0.05, 0.1) is 0 Å². The van der Waals surface area contributed by atoms with Gasteiger partial charge in [-0.15, -0.1) is 0 Å². The minimum Gasteiger partial charge on any atom is -0.381 e. The molecule has 1 saturated carbocycles. The smallest absolute Gasteiger partial charge is 0.272 e. The summed E-state index contributed by atoms with van der Waals surface area (Å²) in [6.07, 6.45) is 6.72. The van der Waals surface area contributed by atoms with Gasteiger partial charge in [-0.1, -0.05) is 0 Å². The van der Waals surface area contributed by atoms with Gasteiger partial charge in [0.15, 0.2) is 0 Å². The van der Waals surface area contributed by atoms with Crippen molar-refractivity contribution in [2.75, 3.05) is 32.8 Å². The highest BCUT2D eigenvalue weighted by molar-refractivity contribution is 5.93. The van der Waals surface area contributed by atoms with Crippen molar-refractivity contribution < 1.29 is 9.53 Å². The largest absolute Gasteiger partial charge is 0.381 e. The fourth-order valence-corrected chi connectivity index (χ4v) is 3.79. The molecule has 23 heavy (non-hydrogen) atoms. The number of nitrogens with zero attached hydrogens (tertiary/aromatic N) is 4. The fraction of sp³-hybridized carbons (Fsp3) is 0.765. The van der Waals surface area contributed by atoms with Crippen LogP contribution in [0, 0.1) is 5.92 Å². The number of carbonyl (C=O) groups excluding carboxylic acids is 1. The molecule has 126 valence electrons. The summed E-state index contributed by atoms with van der Waals surface area (Å²) in [6, 6.07) is 2.97. The van der Waals surface area contributed by atoms with Crippen molar-refractivity contribution in [2.24, 2.45) is 13.0 Å². The van der Waals surface area contributed by atoms with Gasteiger partial charge in [0.1, 0.15) is 5.69 Å². The molecule has 0 bridgehead atoms. The van der Waals surface area contributed by atoms with E-state index in [0.29, 0.717) is 17.8 Å². The van der Waals surface area contributed by atoms with Crippen LogP contribution in [0.1, 0.15) is 36.2 Å². The second-order valence-corrected chi connectivity index (χ2v) is 7.19. The summed E-state index contributed by atoms with van der Waals surface area (Å²) in [5, 5.41) is 4.10. The molecule has 0 unspecified atom stereocenters. The Morgan fingerprint density at radius 1 is 1.26 bits per heavy atom. The Balaban J connectivity index is 1.37. The van der Waals surface area contributed by atoms with Crippen LogP contribution < -0.4 is 0 Å². The van der Waals surface area contributed by atoms with Crippen LogP contribution >= 0.6 is 0 Å². The summed E-state index contributed by atoms with van der Waals surface area (Å²) < 4.78 is 7.19. The average Bonchev–Trinajstić information content (AvgIpc) is 3.24. The zero-order valence-electron chi connectivity index (χ0n) is 13.9. The Morgan fingerprint density at radius 2 is 2.00 bits per heavy atom. The van der Waals surface area contributed by atoms with Crippen molar-refractivity contribution >= 4 is 5.91 Å². The van der Waals surface area contributed by atoms with Gasteiger partial charge in [-0.3, -0.25) is 14.4 Å². The number of hydrogen-bond acceptors (Lipinski definition) is 4. The summed E-state index contributed by atoms with van der Waals surface area (Å²) in [7, 11) is 1.83. The Bertz CT molecular complexity index is 557. The molecule has 2 aliphatic heterocycles. The van der Waals surface area contributed by atoms with Crippen molar-refractivity contribution in [2.45, 2.75) is 37.8 Å². The van der Waals surface area contributed by atoms with E-state index in [1.165, 1.54) is 19.4 Å². The molecule has 0 N–H and O–H groups in total. The number of amides is 1. The second kappa shape index (κ2) is 6.24. The van der Waals surface area contributed by atoms with E-state index in [9.17, 15) is 4.79 Å². The van der Waals surface area contributed by atoms with E-state index in [0.717, 1.165) is 45.1 Å². The molecular weight excluding hydrogens is 292 g/mol. The maximum absolute atomic E-state index is 12.5. The van der Waals surface area contributed by atoms with Crippen LogP contribution in [0.15, 0.2) is 12.3 Å².